The van der Waals surface area contributed by atoms with Gasteiger partial charge in [-0.05, 0) is 49.4 Å². The van der Waals surface area contributed by atoms with Crippen LogP contribution in [-0.4, -0.2) is 5.78 Å². The van der Waals surface area contributed by atoms with Gasteiger partial charge in [-0.25, -0.2) is 0 Å². The van der Waals surface area contributed by atoms with Crippen molar-refractivity contribution >= 4 is 17.4 Å². The van der Waals surface area contributed by atoms with Gasteiger partial charge in [-0.1, -0.05) is 53.6 Å². The molecule has 21 heavy (non-hydrogen) atoms. The number of Topliss-reactive ketones (excluding diaryl/α,β-unsaturated/α-hetero) is 1. The average molecular weight is 299 g/mol. The number of aryl methyl sites for hydroxylation is 1. The van der Waals surface area contributed by atoms with Crippen LogP contribution < -0.4 is 0 Å². The molecule has 1 aliphatic carbocycles. The van der Waals surface area contributed by atoms with E-state index in [1.54, 1.807) is 0 Å². The predicted molar refractivity (Wildman–Crippen MR) is 86.9 cm³/mol. The number of carbonyl (C=O) groups excluding carboxylic acids is 1. The van der Waals surface area contributed by atoms with Crippen LogP contribution in [-0.2, 0) is 16.6 Å². The molecular weight excluding hydrogens is 280 g/mol. The highest BCUT2D eigenvalue weighted by Gasteiger charge is 2.43. The van der Waals surface area contributed by atoms with Crippen LogP contribution in [0, 0.1) is 6.92 Å². The third-order valence-corrected chi connectivity index (χ3v) is 4.82. The zero-order chi connectivity index (χ0) is 14.9. The topological polar surface area (TPSA) is 17.1 Å². The molecule has 0 aromatic heterocycles. The number of rotatable bonds is 3. The third-order valence-electron chi connectivity index (χ3n) is 4.56. The van der Waals surface area contributed by atoms with Crippen molar-refractivity contribution in [1.82, 2.24) is 0 Å². The first-order valence-corrected chi connectivity index (χ1v) is 7.83. The zero-order valence-electron chi connectivity index (χ0n) is 12.2. The highest BCUT2D eigenvalue weighted by atomic mass is 35.5. The van der Waals surface area contributed by atoms with Crippen molar-refractivity contribution in [2.24, 2.45) is 0 Å². The van der Waals surface area contributed by atoms with Crippen LogP contribution in [0.5, 0.6) is 0 Å². The molecule has 2 heteroatoms. The Morgan fingerprint density at radius 2 is 1.71 bits per heavy atom. The molecule has 3 rings (SSSR count). The fourth-order valence-electron chi connectivity index (χ4n) is 3.35. The first kappa shape index (κ1) is 14.3. The molecule has 1 atom stereocenters. The van der Waals surface area contributed by atoms with E-state index in [4.69, 9.17) is 11.6 Å². The molecule has 1 aliphatic rings. The van der Waals surface area contributed by atoms with Gasteiger partial charge in [0.05, 0.1) is 5.41 Å². The Kier molecular flexibility index (Phi) is 3.86. The Bertz CT molecular complexity index is 642. The molecule has 2 aromatic carbocycles. The lowest BCUT2D eigenvalue weighted by Crippen LogP contribution is -2.33. The number of hydrogen-bond acceptors (Lipinski definition) is 1. The number of halogens is 1. The smallest absolute Gasteiger partial charge is 0.143 e. The molecule has 0 amide bonds. The summed E-state index contributed by atoms with van der Waals surface area (Å²) in [7, 11) is 0. The standard InChI is InChI=1S/C19H19ClO/c1-14-4-8-16(9-5-14)19(12-2-3-18(19)21)13-15-6-10-17(20)11-7-15/h4-11H,2-3,12-13H2,1H3. The van der Waals surface area contributed by atoms with E-state index in [1.807, 2.05) is 24.3 Å². The summed E-state index contributed by atoms with van der Waals surface area (Å²) in [6.45, 7) is 2.08. The Labute approximate surface area is 131 Å². The lowest BCUT2D eigenvalue weighted by molar-refractivity contribution is -0.122. The minimum absolute atomic E-state index is 0.346. The Hall–Kier alpha value is -1.60. The second-order valence-electron chi connectivity index (χ2n) is 6.03. The highest BCUT2D eigenvalue weighted by Crippen LogP contribution is 2.41. The van der Waals surface area contributed by atoms with Gasteiger partial charge >= 0.3 is 0 Å². The van der Waals surface area contributed by atoms with E-state index in [2.05, 4.69) is 31.2 Å². The molecule has 1 nitrogen and oxygen atoms in total. The summed E-state index contributed by atoms with van der Waals surface area (Å²) in [5.41, 5.74) is 3.22. The van der Waals surface area contributed by atoms with Crippen LogP contribution in [0.2, 0.25) is 5.02 Å². The molecule has 0 heterocycles. The predicted octanol–water partition coefficient (Wildman–Crippen LogP) is 4.88. The van der Waals surface area contributed by atoms with Crippen molar-refractivity contribution in [3.63, 3.8) is 0 Å². The number of hydrogen-bond donors (Lipinski definition) is 0. The maximum Gasteiger partial charge on any atom is 0.143 e. The SMILES string of the molecule is Cc1ccc(C2(Cc3ccc(Cl)cc3)CCCC2=O)cc1. The van der Waals surface area contributed by atoms with Crippen molar-refractivity contribution in [3.8, 4) is 0 Å². The van der Waals surface area contributed by atoms with Gasteiger partial charge in [0, 0.05) is 11.4 Å². The van der Waals surface area contributed by atoms with Gasteiger partial charge in [-0.15, -0.1) is 0 Å². The highest BCUT2D eigenvalue weighted by molar-refractivity contribution is 6.30. The van der Waals surface area contributed by atoms with Crippen molar-refractivity contribution in [2.45, 2.75) is 38.0 Å². The van der Waals surface area contributed by atoms with Gasteiger partial charge in [0.25, 0.3) is 0 Å². The van der Waals surface area contributed by atoms with Crippen molar-refractivity contribution in [3.05, 3.63) is 70.2 Å². The summed E-state index contributed by atoms with van der Waals surface area (Å²) in [4.78, 5) is 12.6. The van der Waals surface area contributed by atoms with Crippen LogP contribution in [0.25, 0.3) is 0 Å². The minimum atomic E-state index is -0.346. The molecule has 0 bridgehead atoms. The molecule has 1 unspecified atom stereocenters. The summed E-state index contributed by atoms with van der Waals surface area (Å²) < 4.78 is 0. The molecule has 0 aliphatic heterocycles. The summed E-state index contributed by atoms with van der Waals surface area (Å²) in [5, 5.41) is 0.737. The number of benzene rings is 2. The van der Waals surface area contributed by atoms with E-state index in [1.165, 1.54) is 11.1 Å². The number of carbonyl (C=O) groups is 1. The largest absolute Gasteiger partial charge is 0.299 e. The lowest BCUT2D eigenvalue weighted by Gasteiger charge is -2.28. The molecule has 0 radical (unpaired) electrons. The quantitative estimate of drug-likeness (QED) is 0.789. The average Bonchev–Trinajstić information content (AvgIpc) is 2.84. The van der Waals surface area contributed by atoms with Crippen molar-refractivity contribution in [2.75, 3.05) is 0 Å². The van der Waals surface area contributed by atoms with Gasteiger partial charge in [-0.2, -0.15) is 0 Å². The molecule has 0 spiro atoms. The van der Waals surface area contributed by atoms with E-state index in [-0.39, 0.29) is 5.41 Å². The maximum absolute atomic E-state index is 12.6. The summed E-state index contributed by atoms with van der Waals surface area (Å²) >= 11 is 5.96. The normalized spacial score (nSPS) is 21.7. The Balaban J connectivity index is 1.99. The van der Waals surface area contributed by atoms with E-state index in [0.29, 0.717) is 12.2 Å². The maximum atomic E-state index is 12.6. The van der Waals surface area contributed by atoms with Crippen LogP contribution in [0.1, 0.15) is 36.0 Å². The fourth-order valence-corrected chi connectivity index (χ4v) is 3.47. The second-order valence-corrected chi connectivity index (χ2v) is 6.46. The lowest BCUT2D eigenvalue weighted by atomic mass is 9.73. The van der Waals surface area contributed by atoms with Gasteiger partial charge in [0.2, 0.25) is 0 Å². The second kappa shape index (κ2) is 5.65. The van der Waals surface area contributed by atoms with Gasteiger partial charge in [-0.3, -0.25) is 4.79 Å². The van der Waals surface area contributed by atoms with E-state index in [0.717, 1.165) is 29.8 Å². The minimum Gasteiger partial charge on any atom is -0.299 e. The Morgan fingerprint density at radius 3 is 2.29 bits per heavy atom. The third kappa shape index (κ3) is 2.75. The van der Waals surface area contributed by atoms with E-state index < -0.39 is 0 Å². The summed E-state index contributed by atoms with van der Waals surface area (Å²) in [6, 6.07) is 16.3. The van der Waals surface area contributed by atoms with Gasteiger partial charge in [0.15, 0.2) is 0 Å². The Morgan fingerprint density at radius 1 is 1.05 bits per heavy atom. The molecule has 1 fully saturated rings. The van der Waals surface area contributed by atoms with Crippen LogP contribution in [0.3, 0.4) is 0 Å². The zero-order valence-corrected chi connectivity index (χ0v) is 13.0. The van der Waals surface area contributed by atoms with Gasteiger partial charge in [0.1, 0.15) is 5.78 Å². The van der Waals surface area contributed by atoms with Crippen LogP contribution >= 0.6 is 11.6 Å². The van der Waals surface area contributed by atoms with Crippen LogP contribution in [0.4, 0.5) is 0 Å². The monoisotopic (exact) mass is 298 g/mol. The van der Waals surface area contributed by atoms with E-state index in [9.17, 15) is 4.79 Å². The number of ketones is 1. The molecule has 108 valence electrons. The van der Waals surface area contributed by atoms with Gasteiger partial charge < -0.3 is 0 Å². The summed E-state index contributed by atoms with van der Waals surface area (Å²) in [6.07, 6.45) is 3.39. The first-order chi connectivity index (χ1) is 10.1. The summed E-state index contributed by atoms with van der Waals surface area (Å²) in [5.74, 6) is 0.376. The first-order valence-electron chi connectivity index (χ1n) is 7.45. The fraction of sp³-hybridized carbons (Fsp3) is 0.316. The van der Waals surface area contributed by atoms with E-state index >= 15 is 0 Å². The van der Waals surface area contributed by atoms with Crippen molar-refractivity contribution < 1.29 is 4.79 Å². The molecule has 0 saturated heterocycles. The molecule has 1 saturated carbocycles. The van der Waals surface area contributed by atoms with Crippen LogP contribution in [0.15, 0.2) is 48.5 Å². The molecule has 2 aromatic rings. The molecule has 0 N–H and O–H groups in total. The molecular formula is C19H19ClO. The van der Waals surface area contributed by atoms with Crippen molar-refractivity contribution in [1.29, 1.82) is 0 Å².